The first-order chi connectivity index (χ1) is 9.78. The number of ether oxygens (including phenoxy) is 1. The number of aromatic nitrogens is 2. The minimum atomic E-state index is 0.834. The van der Waals surface area contributed by atoms with Gasteiger partial charge in [-0.05, 0) is 37.5 Å². The van der Waals surface area contributed by atoms with Crippen LogP contribution >= 0.6 is 0 Å². The SMILES string of the molecule is COc1ccc2c3c(c(C)nc2c1)-c1oncc1CC3. The topological polar surface area (TPSA) is 48.2 Å². The smallest absolute Gasteiger partial charge is 0.172 e. The second kappa shape index (κ2) is 4.07. The molecule has 100 valence electrons. The van der Waals surface area contributed by atoms with Gasteiger partial charge >= 0.3 is 0 Å². The van der Waals surface area contributed by atoms with Gasteiger partial charge in [-0.1, -0.05) is 5.16 Å². The van der Waals surface area contributed by atoms with Gasteiger partial charge in [-0.15, -0.1) is 0 Å². The van der Waals surface area contributed by atoms with E-state index in [1.54, 1.807) is 7.11 Å². The normalized spacial score (nSPS) is 13.1. The van der Waals surface area contributed by atoms with Crippen molar-refractivity contribution < 1.29 is 9.26 Å². The summed E-state index contributed by atoms with van der Waals surface area (Å²) in [6, 6.07) is 6.05. The summed E-state index contributed by atoms with van der Waals surface area (Å²) in [6.07, 6.45) is 3.78. The van der Waals surface area contributed by atoms with E-state index in [1.165, 1.54) is 16.5 Å². The number of nitrogens with zero attached hydrogens (tertiary/aromatic N) is 2. The summed E-state index contributed by atoms with van der Waals surface area (Å²) in [5.74, 6) is 1.72. The lowest BCUT2D eigenvalue weighted by molar-refractivity contribution is 0.415. The highest BCUT2D eigenvalue weighted by atomic mass is 16.5. The molecule has 0 spiro atoms. The highest BCUT2D eigenvalue weighted by Gasteiger charge is 2.24. The van der Waals surface area contributed by atoms with Gasteiger partial charge in [-0.3, -0.25) is 4.98 Å². The van der Waals surface area contributed by atoms with Gasteiger partial charge in [0.15, 0.2) is 5.76 Å². The number of hydrogen-bond donors (Lipinski definition) is 0. The Bertz CT molecular complexity index is 821. The van der Waals surface area contributed by atoms with Crippen molar-refractivity contribution in [2.45, 2.75) is 19.8 Å². The van der Waals surface area contributed by atoms with E-state index in [2.05, 4.69) is 11.2 Å². The van der Waals surface area contributed by atoms with E-state index in [-0.39, 0.29) is 0 Å². The molecule has 0 bridgehead atoms. The van der Waals surface area contributed by atoms with Crippen LogP contribution in [0.5, 0.6) is 5.75 Å². The van der Waals surface area contributed by atoms with Crippen molar-refractivity contribution in [1.29, 1.82) is 0 Å². The third-order valence-electron chi connectivity index (χ3n) is 4.00. The molecule has 0 amide bonds. The molecule has 4 nitrogen and oxygen atoms in total. The van der Waals surface area contributed by atoms with E-state index in [1.807, 2.05) is 25.3 Å². The van der Waals surface area contributed by atoms with Crippen LogP contribution in [-0.2, 0) is 12.8 Å². The molecule has 0 N–H and O–H groups in total. The summed E-state index contributed by atoms with van der Waals surface area (Å²) in [4.78, 5) is 4.71. The van der Waals surface area contributed by atoms with Crippen molar-refractivity contribution in [1.82, 2.24) is 10.1 Å². The molecule has 2 aromatic heterocycles. The maximum absolute atomic E-state index is 5.44. The minimum absolute atomic E-state index is 0.834. The Labute approximate surface area is 116 Å². The van der Waals surface area contributed by atoms with E-state index in [0.29, 0.717) is 0 Å². The third-order valence-corrected chi connectivity index (χ3v) is 4.00. The fourth-order valence-corrected chi connectivity index (χ4v) is 3.04. The van der Waals surface area contributed by atoms with E-state index < -0.39 is 0 Å². The fraction of sp³-hybridized carbons (Fsp3) is 0.250. The zero-order chi connectivity index (χ0) is 13.7. The maximum Gasteiger partial charge on any atom is 0.172 e. The van der Waals surface area contributed by atoms with Crippen LogP contribution in [0.1, 0.15) is 16.8 Å². The lowest BCUT2D eigenvalue weighted by Crippen LogP contribution is -2.06. The Kier molecular flexibility index (Phi) is 2.33. The average molecular weight is 266 g/mol. The molecule has 4 rings (SSSR count). The minimum Gasteiger partial charge on any atom is -0.497 e. The van der Waals surface area contributed by atoms with Crippen molar-refractivity contribution in [2.24, 2.45) is 0 Å². The van der Waals surface area contributed by atoms with Gasteiger partial charge in [0.25, 0.3) is 0 Å². The Morgan fingerprint density at radius 3 is 3.00 bits per heavy atom. The first-order valence-electron chi connectivity index (χ1n) is 6.69. The van der Waals surface area contributed by atoms with Crippen LogP contribution in [0.2, 0.25) is 0 Å². The van der Waals surface area contributed by atoms with E-state index in [4.69, 9.17) is 14.2 Å². The summed E-state index contributed by atoms with van der Waals surface area (Å²) >= 11 is 0. The first kappa shape index (κ1) is 11.5. The molecule has 0 saturated heterocycles. The number of rotatable bonds is 1. The Hall–Kier alpha value is -2.36. The van der Waals surface area contributed by atoms with Gasteiger partial charge in [-0.25, -0.2) is 0 Å². The highest BCUT2D eigenvalue weighted by molar-refractivity contribution is 5.91. The molecule has 3 aromatic rings. The number of aryl methyl sites for hydroxylation is 3. The zero-order valence-corrected chi connectivity index (χ0v) is 11.4. The Morgan fingerprint density at radius 1 is 1.25 bits per heavy atom. The highest BCUT2D eigenvalue weighted by Crippen LogP contribution is 2.39. The number of fused-ring (bicyclic) bond motifs is 5. The maximum atomic E-state index is 5.44. The predicted molar refractivity (Wildman–Crippen MR) is 75.9 cm³/mol. The molecule has 0 aliphatic heterocycles. The van der Waals surface area contributed by atoms with Gasteiger partial charge in [0.05, 0.1) is 18.8 Å². The van der Waals surface area contributed by atoms with Crippen LogP contribution < -0.4 is 4.74 Å². The van der Waals surface area contributed by atoms with Crippen molar-refractivity contribution in [2.75, 3.05) is 7.11 Å². The second-order valence-electron chi connectivity index (χ2n) is 5.11. The van der Waals surface area contributed by atoms with Gasteiger partial charge in [-0.2, -0.15) is 0 Å². The van der Waals surface area contributed by atoms with Crippen LogP contribution in [0.25, 0.3) is 22.2 Å². The van der Waals surface area contributed by atoms with Crippen molar-refractivity contribution in [3.63, 3.8) is 0 Å². The van der Waals surface area contributed by atoms with E-state index in [9.17, 15) is 0 Å². The van der Waals surface area contributed by atoms with Gasteiger partial charge in [0.2, 0.25) is 0 Å². The van der Waals surface area contributed by atoms with Crippen LogP contribution in [0.15, 0.2) is 28.9 Å². The molecule has 0 unspecified atom stereocenters. The number of benzene rings is 1. The standard InChI is InChI=1S/C16H14N2O2/c1-9-15-13(5-3-10-8-17-20-16(10)15)12-6-4-11(19-2)7-14(12)18-9/h4,6-8H,3,5H2,1-2H3. The molecular weight excluding hydrogens is 252 g/mol. The average Bonchev–Trinajstić information content (AvgIpc) is 2.94. The largest absolute Gasteiger partial charge is 0.497 e. The quantitative estimate of drug-likeness (QED) is 0.678. The number of pyridine rings is 1. The summed E-state index contributed by atoms with van der Waals surface area (Å²) in [5.41, 5.74) is 5.55. The van der Waals surface area contributed by atoms with Crippen molar-refractivity contribution in [3.8, 4) is 17.1 Å². The molecule has 4 heteroatoms. The summed E-state index contributed by atoms with van der Waals surface area (Å²) in [5, 5.41) is 5.10. The second-order valence-corrected chi connectivity index (χ2v) is 5.11. The van der Waals surface area contributed by atoms with Crippen LogP contribution in [0.4, 0.5) is 0 Å². The molecule has 1 aromatic carbocycles. The summed E-state index contributed by atoms with van der Waals surface area (Å²) in [7, 11) is 1.67. The van der Waals surface area contributed by atoms with Crippen molar-refractivity contribution in [3.05, 3.63) is 41.2 Å². The van der Waals surface area contributed by atoms with E-state index >= 15 is 0 Å². The molecule has 1 aliphatic rings. The number of hydrogen-bond acceptors (Lipinski definition) is 4. The zero-order valence-electron chi connectivity index (χ0n) is 11.4. The lowest BCUT2D eigenvalue weighted by atomic mass is 9.88. The molecular formula is C16H14N2O2. The molecule has 2 heterocycles. The Balaban J connectivity index is 2.07. The van der Waals surface area contributed by atoms with Crippen LogP contribution in [0, 0.1) is 6.92 Å². The van der Waals surface area contributed by atoms with Gasteiger partial charge in [0, 0.05) is 28.3 Å². The molecule has 0 saturated carbocycles. The molecule has 1 aliphatic carbocycles. The van der Waals surface area contributed by atoms with Gasteiger partial charge in [0.1, 0.15) is 5.75 Å². The van der Waals surface area contributed by atoms with Crippen LogP contribution in [-0.4, -0.2) is 17.3 Å². The number of methoxy groups -OCH3 is 1. The third kappa shape index (κ3) is 1.48. The molecule has 0 fully saturated rings. The predicted octanol–water partition coefficient (Wildman–Crippen LogP) is 3.31. The van der Waals surface area contributed by atoms with Crippen molar-refractivity contribution >= 4 is 10.9 Å². The Morgan fingerprint density at radius 2 is 2.15 bits per heavy atom. The molecule has 0 atom stereocenters. The summed E-state index contributed by atoms with van der Waals surface area (Å²) in [6.45, 7) is 2.02. The first-order valence-corrected chi connectivity index (χ1v) is 6.69. The van der Waals surface area contributed by atoms with Crippen LogP contribution in [0.3, 0.4) is 0 Å². The van der Waals surface area contributed by atoms with Gasteiger partial charge < -0.3 is 9.26 Å². The van der Waals surface area contributed by atoms with E-state index in [0.717, 1.165) is 41.1 Å². The molecule has 0 radical (unpaired) electrons. The monoisotopic (exact) mass is 266 g/mol. The lowest BCUT2D eigenvalue weighted by Gasteiger charge is -2.18. The summed E-state index contributed by atoms with van der Waals surface area (Å²) < 4.78 is 10.7. The molecule has 20 heavy (non-hydrogen) atoms. The fourth-order valence-electron chi connectivity index (χ4n) is 3.04.